The Kier molecular flexibility index (Phi) is 7.20. The Hall–Kier alpha value is -3.45. The average Bonchev–Trinajstić information content (AvgIpc) is 2.79. The Morgan fingerprint density at radius 1 is 1.19 bits per heavy atom. The van der Waals surface area contributed by atoms with Gasteiger partial charge in [0.05, 0.1) is 13.2 Å². The van der Waals surface area contributed by atoms with Gasteiger partial charge in [-0.25, -0.2) is 4.98 Å². The van der Waals surface area contributed by atoms with E-state index in [0.29, 0.717) is 22.8 Å². The summed E-state index contributed by atoms with van der Waals surface area (Å²) in [6.07, 6.45) is 0.189. The summed E-state index contributed by atoms with van der Waals surface area (Å²) in [6, 6.07) is 16.5. The lowest BCUT2D eigenvalue weighted by Gasteiger charge is -2.18. The Balaban J connectivity index is 1.92. The highest BCUT2D eigenvalue weighted by atomic mass is 16.5. The number of benzene rings is 2. The van der Waals surface area contributed by atoms with E-state index in [1.165, 1.54) is 4.57 Å². The highest BCUT2D eigenvalue weighted by molar-refractivity contribution is 5.77. The molecule has 0 aliphatic rings. The van der Waals surface area contributed by atoms with Crippen molar-refractivity contribution in [2.45, 2.75) is 32.9 Å². The number of aryl methyl sites for hydroxylation is 1. The highest BCUT2D eigenvalue weighted by Crippen LogP contribution is 2.20. The molecule has 3 rings (SSSR count). The Bertz CT molecular complexity index is 1110. The molecule has 0 unspecified atom stereocenters. The van der Waals surface area contributed by atoms with Gasteiger partial charge >= 0.3 is 0 Å². The van der Waals surface area contributed by atoms with Gasteiger partial charge in [-0.2, -0.15) is 0 Å². The fourth-order valence-corrected chi connectivity index (χ4v) is 3.48. The fraction of sp³-hybridized carbons (Fsp3) is 0.292. The number of methoxy groups -OCH3 is 1. The number of aromatic nitrogens is 2. The molecule has 0 radical (unpaired) electrons. The van der Waals surface area contributed by atoms with Gasteiger partial charge in [-0.05, 0) is 31.5 Å². The second-order valence-electron chi connectivity index (χ2n) is 7.30. The second-order valence-corrected chi connectivity index (χ2v) is 7.30. The first kappa shape index (κ1) is 22.2. The third-order valence-electron chi connectivity index (χ3n) is 5.14. The van der Waals surface area contributed by atoms with Gasteiger partial charge in [-0.15, -0.1) is 0 Å². The van der Waals surface area contributed by atoms with E-state index in [0.717, 1.165) is 11.1 Å². The third kappa shape index (κ3) is 5.19. The Morgan fingerprint density at radius 3 is 2.61 bits per heavy atom. The zero-order valence-corrected chi connectivity index (χ0v) is 18.0. The van der Waals surface area contributed by atoms with E-state index in [2.05, 4.69) is 10.3 Å². The Labute approximate surface area is 181 Å². The molecule has 1 amide bonds. The zero-order chi connectivity index (χ0) is 22.4. The minimum absolute atomic E-state index is 0.165. The number of carbonyl (C=O) groups is 1. The van der Waals surface area contributed by atoms with Crippen LogP contribution in [0.1, 0.15) is 29.8 Å². The van der Waals surface area contributed by atoms with Crippen LogP contribution in [0.4, 0.5) is 0 Å². The van der Waals surface area contributed by atoms with Gasteiger partial charge in [-0.3, -0.25) is 14.2 Å². The Morgan fingerprint density at radius 2 is 1.94 bits per heavy atom. The lowest BCUT2D eigenvalue weighted by atomic mass is 10.1. The fourth-order valence-electron chi connectivity index (χ4n) is 3.48. The molecule has 7 heteroatoms. The summed E-state index contributed by atoms with van der Waals surface area (Å²) in [6.45, 7) is 3.27. The summed E-state index contributed by atoms with van der Waals surface area (Å²) >= 11 is 0. The standard InChI is InChI=1S/C24H27N3O4/c1-16(19-10-7-11-20(14-19)31-3)25-22(29)15-27-23(18-8-5-4-6-9-18)26-17(2)21(12-13-28)24(27)30/h4-11,14,16,28H,12-13,15H2,1-3H3,(H,25,29)/t16-/m1/s1. The summed E-state index contributed by atoms with van der Waals surface area (Å²) in [5.41, 5.74) is 2.29. The quantitative estimate of drug-likeness (QED) is 0.583. The van der Waals surface area contributed by atoms with Crippen molar-refractivity contribution in [3.8, 4) is 17.1 Å². The number of hydrogen-bond donors (Lipinski definition) is 2. The molecule has 0 saturated heterocycles. The van der Waals surface area contributed by atoms with Crippen LogP contribution in [0.15, 0.2) is 59.4 Å². The molecule has 162 valence electrons. The van der Waals surface area contributed by atoms with Crippen LogP contribution in [0.5, 0.6) is 5.75 Å². The summed E-state index contributed by atoms with van der Waals surface area (Å²) in [5, 5.41) is 12.3. The molecule has 7 nitrogen and oxygen atoms in total. The van der Waals surface area contributed by atoms with Gasteiger partial charge in [-0.1, -0.05) is 42.5 Å². The molecule has 2 aromatic carbocycles. The van der Waals surface area contributed by atoms with Crippen molar-refractivity contribution in [3.05, 3.63) is 81.8 Å². The topological polar surface area (TPSA) is 93.4 Å². The first-order chi connectivity index (χ1) is 14.9. The maximum atomic E-state index is 13.2. The van der Waals surface area contributed by atoms with Gasteiger partial charge < -0.3 is 15.2 Å². The molecule has 1 aromatic heterocycles. The highest BCUT2D eigenvalue weighted by Gasteiger charge is 2.19. The van der Waals surface area contributed by atoms with Gasteiger partial charge in [0, 0.05) is 29.8 Å². The molecule has 1 atom stereocenters. The van der Waals surface area contributed by atoms with Gasteiger partial charge in [0.15, 0.2) is 0 Å². The van der Waals surface area contributed by atoms with Crippen LogP contribution >= 0.6 is 0 Å². The predicted molar refractivity (Wildman–Crippen MR) is 119 cm³/mol. The first-order valence-corrected chi connectivity index (χ1v) is 10.1. The molecule has 0 spiro atoms. The van der Waals surface area contributed by atoms with E-state index in [-0.39, 0.29) is 37.1 Å². The number of hydrogen-bond acceptors (Lipinski definition) is 5. The summed E-state index contributed by atoms with van der Waals surface area (Å²) in [7, 11) is 1.59. The van der Waals surface area contributed by atoms with Crippen molar-refractivity contribution >= 4 is 5.91 Å². The number of aliphatic hydroxyl groups excluding tert-OH is 1. The largest absolute Gasteiger partial charge is 0.497 e. The van der Waals surface area contributed by atoms with Crippen molar-refractivity contribution in [1.29, 1.82) is 0 Å². The van der Waals surface area contributed by atoms with E-state index in [1.807, 2.05) is 61.5 Å². The van der Waals surface area contributed by atoms with Gasteiger partial charge in [0.25, 0.3) is 5.56 Å². The van der Waals surface area contributed by atoms with Crippen molar-refractivity contribution in [1.82, 2.24) is 14.9 Å². The summed E-state index contributed by atoms with van der Waals surface area (Å²) in [5.74, 6) is 0.821. The number of amides is 1. The number of carbonyl (C=O) groups excluding carboxylic acids is 1. The molecule has 3 aromatic rings. The van der Waals surface area contributed by atoms with E-state index in [1.54, 1.807) is 14.0 Å². The molecule has 0 saturated carbocycles. The number of ether oxygens (including phenoxy) is 1. The van der Waals surface area contributed by atoms with Crippen LogP contribution in [-0.2, 0) is 17.8 Å². The van der Waals surface area contributed by atoms with Crippen molar-refractivity contribution < 1.29 is 14.6 Å². The maximum absolute atomic E-state index is 13.2. The van der Waals surface area contributed by atoms with E-state index in [4.69, 9.17) is 4.74 Å². The van der Waals surface area contributed by atoms with Crippen LogP contribution in [0.25, 0.3) is 11.4 Å². The van der Waals surface area contributed by atoms with Crippen molar-refractivity contribution in [2.24, 2.45) is 0 Å². The van der Waals surface area contributed by atoms with Crippen LogP contribution in [-0.4, -0.2) is 34.3 Å². The van der Waals surface area contributed by atoms with Crippen LogP contribution < -0.4 is 15.6 Å². The minimum atomic E-state index is -0.315. The molecule has 0 aliphatic carbocycles. The molecule has 1 heterocycles. The lowest BCUT2D eigenvalue weighted by molar-refractivity contribution is -0.122. The molecule has 0 aliphatic heterocycles. The zero-order valence-electron chi connectivity index (χ0n) is 18.0. The molecule has 0 fully saturated rings. The molecule has 31 heavy (non-hydrogen) atoms. The van der Waals surface area contributed by atoms with E-state index < -0.39 is 0 Å². The van der Waals surface area contributed by atoms with E-state index >= 15 is 0 Å². The monoisotopic (exact) mass is 421 g/mol. The van der Waals surface area contributed by atoms with E-state index in [9.17, 15) is 14.7 Å². The van der Waals surface area contributed by atoms with Gasteiger partial charge in [0.1, 0.15) is 18.1 Å². The van der Waals surface area contributed by atoms with Gasteiger partial charge in [0.2, 0.25) is 5.91 Å². The average molecular weight is 421 g/mol. The normalized spacial score (nSPS) is 11.7. The SMILES string of the molecule is COc1cccc([C@@H](C)NC(=O)Cn2c(-c3ccccc3)nc(C)c(CCO)c2=O)c1. The number of rotatable bonds is 8. The lowest BCUT2D eigenvalue weighted by Crippen LogP contribution is -2.36. The van der Waals surface area contributed by atoms with Crippen molar-refractivity contribution in [3.63, 3.8) is 0 Å². The molecule has 0 bridgehead atoms. The number of nitrogens with one attached hydrogen (secondary N) is 1. The second kappa shape index (κ2) is 10.0. The number of aliphatic hydroxyl groups is 1. The molecule has 2 N–H and O–H groups in total. The number of nitrogens with zero attached hydrogens (tertiary/aromatic N) is 2. The van der Waals surface area contributed by atoms with Crippen LogP contribution in [0.3, 0.4) is 0 Å². The molecular formula is C24H27N3O4. The summed E-state index contributed by atoms with van der Waals surface area (Å²) in [4.78, 5) is 30.6. The smallest absolute Gasteiger partial charge is 0.257 e. The van der Waals surface area contributed by atoms with Crippen LogP contribution in [0.2, 0.25) is 0 Å². The predicted octanol–water partition coefficient (Wildman–Crippen LogP) is 2.64. The first-order valence-electron chi connectivity index (χ1n) is 10.1. The maximum Gasteiger partial charge on any atom is 0.257 e. The van der Waals surface area contributed by atoms with Crippen LogP contribution in [0, 0.1) is 6.92 Å². The van der Waals surface area contributed by atoms with Crippen molar-refractivity contribution in [2.75, 3.05) is 13.7 Å². The third-order valence-corrected chi connectivity index (χ3v) is 5.14. The minimum Gasteiger partial charge on any atom is -0.497 e. The molecular weight excluding hydrogens is 394 g/mol. The summed E-state index contributed by atoms with van der Waals surface area (Å²) < 4.78 is 6.62.